The molecule has 0 radical (unpaired) electrons. The van der Waals surface area contributed by atoms with Crippen LogP contribution in [0.4, 0.5) is 0 Å². The molecule has 1 fully saturated rings. The van der Waals surface area contributed by atoms with Crippen LogP contribution in [0, 0.1) is 0 Å². The number of hydrogen-bond donors (Lipinski definition) is 2. The second kappa shape index (κ2) is 6.53. The summed E-state index contributed by atoms with van der Waals surface area (Å²) >= 11 is 5.16. The molecule has 0 aromatic rings. The normalized spacial score (nSPS) is 21.9. The Kier molecular flexibility index (Phi) is 5.68. The van der Waals surface area contributed by atoms with Crippen molar-refractivity contribution in [3.05, 3.63) is 0 Å². The van der Waals surface area contributed by atoms with Crippen molar-refractivity contribution in [2.75, 3.05) is 26.2 Å². The molecule has 0 spiro atoms. The first-order chi connectivity index (χ1) is 7.13. The van der Waals surface area contributed by atoms with Crippen LogP contribution in [-0.2, 0) is 0 Å². The molecule has 0 bridgehead atoms. The molecule has 0 amide bonds. The van der Waals surface area contributed by atoms with Crippen molar-refractivity contribution in [3.8, 4) is 0 Å². The van der Waals surface area contributed by atoms with Gasteiger partial charge in [0, 0.05) is 30.0 Å². The molecule has 1 aliphatic heterocycles. The van der Waals surface area contributed by atoms with Crippen LogP contribution >= 0.6 is 12.2 Å². The van der Waals surface area contributed by atoms with Gasteiger partial charge in [0.05, 0.1) is 6.61 Å². The number of hydrogen-bond acceptors (Lipinski definition) is 4. The second-order valence-electron chi connectivity index (χ2n) is 4.46. The fourth-order valence-corrected chi connectivity index (χ4v) is 2.24. The Bertz CT molecular complexity index is 209. The van der Waals surface area contributed by atoms with Gasteiger partial charge in [-0.15, -0.1) is 0 Å². The molecule has 2 N–H and O–H groups in total. The highest BCUT2D eigenvalue weighted by Gasteiger charge is 2.19. The van der Waals surface area contributed by atoms with Crippen LogP contribution in [0.5, 0.6) is 0 Å². The van der Waals surface area contributed by atoms with Crippen molar-refractivity contribution in [2.24, 2.45) is 0 Å². The Hall–Kier alpha value is -0.0300. The molecule has 1 atom stereocenters. The lowest BCUT2D eigenvalue weighted by Crippen LogP contribution is -2.37. The highest BCUT2D eigenvalue weighted by molar-refractivity contribution is 7.80. The lowest BCUT2D eigenvalue weighted by Gasteiger charge is -2.26. The Morgan fingerprint density at radius 2 is 2.27 bits per heavy atom. The van der Waals surface area contributed by atoms with Gasteiger partial charge in [0.25, 0.3) is 0 Å². The van der Waals surface area contributed by atoms with E-state index in [0.29, 0.717) is 12.1 Å². The number of rotatable bonds is 6. The molecule has 4 heteroatoms. The molecule has 0 saturated carbocycles. The third-order valence-corrected chi connectivity index (χ3v) is 3.26. The fraction of sp³-hybridized carbons (Fsp3) is 0.909. The minimum absolute atomic E-state index is 0.245. The van der Waals surface area contributed by atoms with Gasteiger partial charge in [0.2, 0.25) is 0 Å². The molecule has 0 aliphatic carbocycles. The Labute approximate surface area is 97.8 Å². The minimum atomic E-state index is 0.245. The Balaban J connectivity index is 2.24. The minimum Gasteiger partial charge on any atom is -0.395 e. The maximum atomic E-state index is 8.94. The van der Waals surface area contributed by atoms with Crippen LogP contribution in [0.2, 0.25) is 0 Å². The quantitative estimate of drug-likeness (QED) is 0.662. The van der Waals surface area contributed by atoms with Gasteiger partial charge >= 0.3 is 0 Å². The zero-order valence-corrected chi connectivity index (χ0v) is 10.5. The first kappa shape index (κ1) is 13.0. The van der Waals surface area contributed by atoms with Crippen LogP contribution < -0.4 is 5.32 Å². The molecule has 1 aliphatic rings. The number of aliphatic hydroxyl groups excluding tert-OH is 1. The van der Waals surface area contributed by atoms with Crippen molar-refractivity contribution in [2.45, 2.75) is 38.8 Å². The molecule has 88 valence electrons. The van der Waals surface area contributed by atoms with Gasteiger partial charge in [0.15, 0.2) is 0 Å². The highest BCUT2D eigenvalue weighted by Crippen LogP contribution is 2.09. The average Bonchev–Trinajstić information content (AvgIpc) is 2.58. The zero-order chi connectivity index (χ0) is 11.3. The number of nitrogens with zero attached hydrogens (tertiary/aromatic N) is 1. The summed E-state index contributed by atoms with van der Waals surface area (Å²) < 4.78 is 0. The molecule has 0 aromatic carbocycles. The summed E-state index contributed by atoms with van der Waals surface area (Å²) in [6.45, 7) is 7.30. The zero-order valence-electron chi connectivity index (χ0n) is 9.70. The summed E-state index contributed by atoms with van der Waals surface area (Å²) in [6.07, 6.45) is 2.17. The average molecular weight is 230 g/mol. The van der Waals surface area contributed by atoms with Crippen LogP contribution in [0.1, 0.15) is 26.7 Å². The van der Waals surface area contributed by atoms with Gasteiger partial charge in [-0.05, 0) is 33.2 Å². The van der Waals surface area contributed by atoms with E-state index in [9.17, 15) is 0 Å². The molecule has 1 saturated heterocycles. The summed E-state index contributed by atoms with van der Waals surface area (Å²) in [5, 5.41) is 12.4. The SMILES string of the molecule is CC(C)N(CCO)CCC1CC(=S)CN1. The Morgan fingerprint density at radius 1 is 1.53 bits per heavy atom. The van der Waals surface area contributed by atoms with Crippen molar-refractivity contribution in [3.63, 3.8) is 0 Å². The highest BCUT2D eigenvalue weighted by atomic mass is 32.1. The van der Waals surface area contributed by atoms with E-state index < -0.39 is 0 Å². The van der Waals surface area contributed by atoms with Crippen molar-refractivity contribution in [1.29, 1.82) is 0 Å². The number of aliphatic hydroxyl groups is 1. The summed E-state index contributed by atoms with van der Waals surface area (Å²) in [5.74, 6) is 0. The predicted molar refractivity (Wildman–Crippen MR) is 67.4 cm³/mol. The van der Waals surface area contributed by atoms with Gasteiger partial charge < -0.3 is 10.4 Å². The molecule has 1 heterocycles. The van der Waals surface area contributed by atoms with E-state index in [1.165, 1.54) is 0 Å². The van der Waals surface area contributed by atoms with Gasteiger partial charge in [0.1, 0.15) is 0 Å². The van der Waals surface area contributed by atoms with E-state index in [1.807, 2.05) is 0 Å². The number of thiocarbonyl (C=S) groups is 1. The summed E-state index contributed by atoms with van der Waals surface area (Å²) in [6, 6.07) is 1.06. The molecule has 3 nitrogen and oxygen atoms in total. The van der Waals surface area contributed by atoms with Gasteiger partial charge in [-0.3, -0.25) is 4.90 Å². The topological polar surface area (TPSA) is 35.5 Å². The van der Waals surface area contributed by atoms with Crippen LogP contribution in [0.25, 0.3) is 0 Å². The standard InChI is InChI=1S/C11H22N2OS/c1-9(2)13(5-6-14)4-3-10-7-11(15)8-12-10/h9-10,12,14H,3-8H2,1-2H3. The number of nitrogens with one attached hydrogen (secondary N) is 1. The largest absolute Gasteiger partial charge is 0.395 e. The summed E-state index contributed by atoms with van der Waals surface area (Å²) in [7, 11) is 0. The first-order valence-electron chi connectivity index (χ1n) is 5.73. The van der Waals surface area contributed by atoms with Crippen molar-refractivity contribution >= 4 is 17.1 Å². The lowest BCUT2D eigenvalue weighted by molar-refractivity contribution is 0.161. The van der Waals surface area contributed by atoms with Gasteiger partial charge in [-0.25, -0.2) is 0 Å². The molecule has 0 aromatic heterocycles. The van der Waals surface area contributed by atoms with E-state index in [1.54, 1.807) is 0 Å². The summed E-state index contributed by atoms with van der Waals surface area (Å²) in [4.78, 5) is 3.46. The summed E-state index contributed by atoms with van der Waals surface area (Å²) in [5.41, 5.74) is 0. The fourth-order valence-electron chi connectivity index (χ4n) is 1.96. The molecule has 15 heavy (non-hydrogen) atoms. The molecular weight excluding hydrogens is 208 g/mol. The van der Waals surface area contributed by atoms with Gasteiger partial charge in [-0.2, -0.15) is 0 Å². The molecular formula is C11H22N2OS. The molecule has 1 rings (SSSR count). The first-order valence-corrected chi connectivity index (χ1v) is 6.14. The lowest BCUT2D eigenvalue weighted by atomic mass is 10.1. The van der Waals surface area contributed by atoms with Crippen LogP contribution in [-0.4, -0.2) is 53.2 Å². The monoisotopic (exact) mass is 230 g/mol. The van der Waals surface area contributed by atoms with Crippen LogP contribution in [0.3, 0.4) is 0 Å². The maximum absolute atomic E-state index is 8.94. The van der Waals surface area contributed by atoms with Crippen molar-refractivity contribution < 1.29 is 5.11 Å². The smallest absolute Gasteiger partial charge is 0.0558 e. The van der Waals surface area contributed by atoms with Crippen LogP contribution in [0.15, 0.2) is 0 Å². The third kappa shape index (κ3) is 4.55. The second-order valence-corrected chi connectivity index (χ2v) is 5.04. The van der Waals surface area contributed by atoms with Crippen molar-refractivity contribution in [1.82, 2.24) is 10.2 Å². The third-order valence-electron chi connectivity index (χ3n) is 2.94. The van der Waals surface area contributed by atoms with E-state index in [0.717, 1.165) is 37.3 Å². The van der Waals surface area contributed by atoms with E-state index in [-0.39, 0.29) is 6.61 Å². The Morgan fingerprint density at radius 3 is 2.73 bits per heavy atom. The molecule has 1 unspecified atom stereocenters. The van der Waals surface area contributed by atoms with E-state index in [2.05, 4.69) is 24.1 Å². The van der Waals surface area contributed by atoms with Gasteiger partial charge in [-0.1, -0.05) is 12.2 Å². The van der Waals surface area contributed by atoms with E-state index in [4.69, 9.17) is 17.3 Å². The predicted octanol–water partition coefficient (Wildman–Crippen LogP) is 0.811. The maximum Gasteiger partial charge on any atom is 0.0558 e. The van der Waals surface area contributed by atoms with E-state index >= 15 is 0 Å².